The molecule has 0 aromatic carbocycles. The maximum atomic E-state index is 5.47. The van der Waals surface area contributed by atoms with Gasteiger partial charge in [0.15, 0.2) is 5.82 Å². The third-order valence-electron chi connectivity index (χ3n) is 1.35. The molecule has 4 nitrogen and oxygen atoms in total. The molecule has 10 heavy (non-hydrogen) atoms. The highest BCUT2D eigenvalue weighted by Gasteiger charge is 1.98. The molecule has 0 aliphatic rings. The number of aromatic nitrogens is 3. The van der Waals surface area contributed by atoms with Crippen LogP contribution < -0.4 is 5.73 Å². The van der Waals surface area contributed by atoms with Crippen molar-refractivity contribution in [2.75, 3.05) is 5.73 Å². The molecule has 0 bridgehead atoms. The number of anilines is 1. The lowest BCUT2D eigenvalue weighted by Gasteiger charge is -1.83. The zero-order valence-electron chi connectivity index (χ0n) is 5.20. The van der Waals surface area contributed by atoms with Crippen LogP contribution in [0.4, 0.5) is 5.82 Å². The van der Waals surface area contributed by atoms with Crippen molar-refractivity contribution < 1.29 is 0 Å². The zero-order chi connectivity index (χ0) is 6.97. The predicted molar refractivity (Wildman–Crippen MR) is 38.3 cm³/mol. The van der Waals surface area contributed by atoms with Crippen molar-refractivity contribution in [3.8, 4) is 0 Å². The second-order valence-electron chi connectivity index (χ2n) is 2.01. The molecule has 0 atom stereocenters. The number of pyridine rings is 1. The Labute approximate surface area is 57.1 Å². The van der Waals surface area contributed by atoms with E-state index in [-0.39, 0.29) is 0 Å². The highest BCUT2D eigenvalue weighted by molar-refractivity contribution is 5.83. The fourth-order valence-electron chi connectivity index (χ4n) is 0.873. The van der Waals surface area contributed by atoms with Gasteiger partial charge in [-0.1, -0.05) is 0 Å². The second-order valence-corrected chi connectivity index (χ2v) is 2.01. The van der Waals surface area contributed by atoms with Gasteiger partial charge in [-0.15, -0.1) is 0 Å². The molecule has 50 valence electrons. The van der Waals surface area contributed by atoms with Crippen molar-refractivity contribution in [3.05, 3.63) is 18.3 Å². The molecule has 0 radical (unpaired) electrons. The minimum Gasteiger partial charge on any atom is -0.380 e. The van der Waals surface area contributed by atoms with Gasteiger partial charge in [0.2, 0.25) is 0 Å². The molecule has 0 aliphatic carbocycles. The van der Waals surface area contributed by atoms with Crippen LogP contribution in [0.3, 0.4) is 0 Å². The van der Waals surface area contributed by atoms with Crippen LogP contribution in [0.5, 0.6) is 0 Å². The van der Waals surface area contributed by atoms with Crippen molar-refractivity contribution >= 4 is 16.9 Å². The number of hydrogen-bond donors (Lipinski definition) is 2. The second kappa shape index (κ2) is 1.70. The van der Waals surface area contributed by atoms with E-state index in [0.29, 0.717) is 5.82 Å². The van der Waals surface area contributed by atoms with E-state index in [1.807, 2.05) is 12.1 Å². The molecular formula is C6H6N4. The van der Waals surface area contributed by atoms with Gasteiger partial charge in [-0.2, -0.15) is 5.10 Å². The van der Waals surface area contributed by atoms with E-state index in [4.69, 9.17) is 5.73 Å². The molecule has 0 saturated heterocycles. The molecule has 0 fully saturated rings. The van der Waals surface area contributed by atoms with E-state index in [2.05, 4.69) is 15.2 Å². The number of fused-ring (bicyclic) bond motifs is 1. The molecule has 2 rings (SSSR count). The normalized spacial score (nSPS) is 10.4. The van der Waals surface area contributed by atoms with Crippen molar-refractivity contribution in [2.45, 2.75) is 0 Å². The molecule has 4 heteroatoms. The highest BCUT2D eigenvalue weighted by Crippen LogP contribution is 2.12. The van der Waals surface area contributed by atoms with Crippen LogP contribution in [-0.4, -0.2) is 15.2 Å². The maximum absolute atomic E-state index is 5.47. The standard InChI is InChI=1S/C6H6N4/c7-6-5-4(9-10-6)2-1-3-8-5/h1-3H,(H3,7,9,10). The van der Waals surface area contributed by atoms with E-state index >= 15 is 0 Å². The first-order valence-electron chi connectivity index (χ1n) is 2.92. The summed E-state index contributed by atoms with van der Waals surface area (Å²) in [6.07, 6.45) is 1.69. The number of nitrogens with zero attached hydrogens (tertiary/aromatic N) is 2. The average Bonchev–Trinajstić information content (AvgIpc) is 2.34. The number of nitrogens with one attached hydrogen (secondary N) is 1. The molecule has 0 unspecified atom stereocenters. The van der Waals surface area contributed by atoms with Gasteiger partial charge in [-0.05, 0) is 12.1 Å². The van der Waals surface area contributed by atoms with Crippen LogP contribution in [0.25, 0.3) is 11.0 Å². The molecule has 0 amide bonds. The molecule has 3 N–H and O–H groups in total. The maximum Gasteiger partial charge on any atom is 0.171 e. The van der Waals surface area contributed by atoms with Crippen molar-refractivity contribution in [2.24, 2.45) is 0 Å². The van der Waals surface area contributed by atoms with Gasteiger partial charge >= 0.3 is 0 Å². The van der Waals surface area contributed by atoms with Gasteiger partial charge < -0.3 is 5.73 Å². The lowest BCUT2D eigenvalue weighted by atomic mass is 10.4. The number of rotatable bonds is 0. The smallest absolute Gasteiger partial charge is 0.171 e. The Balaban J connectivity index is 2.93. The zero-order valence-corrected chi connectivity index (χ0v) is 5.20. The van der Waals surface area contributed by atoms with Crippen LogP contribution in [0, 0.1) is 0 Å². The van der Waals surface area contributed by atoms with Crippen molar-refractivity contribution in [3.63, 3.8) is 0 Å². The molecule has 2 aromatic rings. The summed E-state index contributed by atoms with van der Waals surface area (Å²) in [5, 5.41) is 6.54. The summed E-state index contributed by atoms with van der Waals surface area (Å²) in [5.74, 6) is 0.454. The third-order valence-corrected chi connectivity index (χ3v) is 1.35. The first kappa shape index (κ1) is 5.22. The Bertz CT molecular complexity index is 351. The van der Waals surface area contributed by atoms with Crippen LogP contribution in [-0.2, 0) is 0 Å². The topological polar surface area (TPSA) is 67.6 Å². The Kier molecular flexibility index (Phi) is 0.887. The lowest BCUT2D eigenvalue weighted by Crippen LogP contribution is -1.84. The molecule has 2 heterocycles. The minimum atomic E-state index is 0.454. The number of H-pyrrole nitrogens is 1. The Morgan fingerprint density at radius 1 is 1.50 bits per heavy atom. The van der Waals surface area contributed by atoms with Crippen LogP contribution in [0.1, 0.15) is 0 Å². The van der Waals surface area contributed by atoms with Crippen LogP contribution >= 0.6 is 0 Å². The molecule has 2 aromatic heterocycles. The summed E-state index contributed by atoms with van der Waals surface area (Å²) in [6, 6.07) is 3.71. The first-order valence-corrected chi connectivity index (χ1v) is 2.92. The van der Waals surface area contributed by atoms with Gasteiger partial charge in [0.25, 0.3) is 0 Å². The number of nitrogen functional groups attached to an aromatic ring is 1. The SMILES string of the molecule is Nc1n[nH]c2cccnc12. The fourth-order valence-corrected chi connectivity index (χ4v) is 0.873. The summed E-state index contributed by atoms with van der Waals surface area (Å²) in [5.41, 5.74) is 7.08. The molecule has 0 aliphatic heterocycles. The minimum absolute atomic E-state index is 0.454. The molecule has 0 saturated carbocycles. The van der Waals surface area contributed by atoms with E-state index in [1.54, 1.807) is 6.20 Å². The van der Waals surface area contributed by atoms with E-state index in [0.717, 1.165) is 11.0 Å². The Morgan fingerprint density at radius 3 is 3.20 bits per heavy atom. The highest BCUT2D eigenvalue weighted by atomic mass is 15.2. The van der Waals surface area contributed by atoms with Gasteiger partial charge in [0.1, 0.15) is 5.52 Å². The van der Waals surface area contributed by atoms with Crippen LogP contribution in [0.15, 0.2) is 18.3 Å². The van der Waals surface area contributed by atoms with Crippen molar-refractivity contribution in [1.29, 1.82) is 0 Å². The first-order chi connectivity index (χ1) is 4.88. The summed E-state index contributed by atoms with van der Waals surface area (Å²) in [4.78, 5) is 4.02. The van der Waals surface area contributed by atoms with E-state index in [9.17, 15) is 0 Å². The number of aromatic amines is 1. The molecular weight excluding hydrogens is 128 g/mol. The summed E-state index contributed by atoms with van der Waals surface area (Å²) < 4.78 is 0. The van der Waals surface area contributed by atoms with Gasteiger partial charge in [0.05, 0.1) is 5.52 Å². The van der Waals surface area contributed by atoms with Crippen molar-refractivity contribution in [1.82, 2.24) is 15.2 Å². The summed E-state index contributed by atoms with van der Waals surface area (Å²) in [7, 11) is 0. The average molecular weight is 134 g/mol. The van der Waals surface area contributed by atoms with E-state index < -0.39 is 0 Å². The summed E-state index contributed by atoms with van der Waals surface area (Å²) >= 11 is 0. The largest absolute Gasteiger partial charge is 0.380 e. The number of hydrogen-bond acceptors (Lipinski definition) is 3. The number of nitrogens with two attached hydrogens (primary N) is 1. The van der Waals surface area contributed by atoms with Gasteiger partial charge in [-0.25, -0.2) is 0 Å². The van der Waals surface area contributed by atoms with Gasteiger partial charge in [-0.3, -0.25) is 10.1 Å². The Morgan fingerprint density at radius 2 is 2.40 bits per heavy atom. The molecule has 0 spiro atoms. The predicted octanol–water partition coefficient (Wildman–Crippen LogP) is 0.540. The fraction of sp³-hybridized carbons (Fsp3) is 0. The van der Waals surface area contributed by atoms with Gasteiger partial charge in [0, 0.05) is 6.20 Å². The summed E-state index contributed by atoms with van der Waals surface area (Å²) in [6.45, 7) is 0. The quantitative estimate of drug-likeness (QED) is 0.552. The third kappa shape index (κ3) is 0.556. The lowest BCUT2D eigenvalue weighted by molar-refractivity contribution is 1.13. The monoisotopic (exact) mass is 134 g/mol. The van der Waals surface area contributed by atoms with E-state index in [1.165, 1.54) is 0 Å². The van der Waals surface area contributed by atoms with Crippen LogP contribution in [0.2, 0.25) is 0 Å². The Hall–Kier alpha value is -1.58.